The number of hydrogen-bond donors (Lipinski definition) is 1. The van der Waals surface area contributed by atoms with Gasteiger partial charge in [-0.25, -0.2) is 0 Å². The van der Waals surface area contributed by atoms with Crippen LogP contribution in [0.1, 0.15) is 74.2 Å². The summed E-state index contributed by atoms with van der Waals surface area (Å²) in [4.78, 5) is 27.8. The first kappa shape index (κ1) is 25.5. The Balaban J connectivity index is 2.15. The number of nitrogens with zero attached hydrogens (tertiary/aromatic N) is 1. The molecule has 3 rings (SSSR count). The molecule has 0 aromatic heterocycles. The minimum Gasteiger partial charge on any atom is -0.507 e. The molecule has 1 amide bonds. The number of ether oxygens (including phenoxy) is 2. The topological polar surface area (TPSA) is 76.1 Å². The van der Waals surface area contributed by atoms with Crippen LogP contribution in [-0.2, 0) is 14.3 Å². The van der Waals surface area contributed by atoms with Crippen LogP contribution < -0.4 is 4.74 Å². The van der Waals surface area contributed by atoms with Crippen molar-refractivity contribution in [3.8, 4) is 5.75 Å². The highest BCUT2D eigenvalue weighted by molar-refractivity contribution is 6.46. The van der Waals surface area contributed by atoms with Gasteiger partial charge in [0.05, 0.1) is 18.7 Å². The maximum Gasteiger partial charge on any atom is 0.295 e. The molecule has 0 radical (unpaired) electrons. The molecule has 2 aromatic carbocycles. The number of hydrogen-bond acceptors (Lipinski definition) is 5. The van der Waals surface area contributed by atoms with Crippen LogP contribution in [-0.4, -0.2) is 49.1 Å². The van der Waals surface area contributed by atoms with Gasteiger partial charge in [0.25, 0.3) is 11.7 Å². The molecule has 1 fully saturated rings. The number of carbonyl (C=O) groups excluding carboxylic acids is 2. The lowest BCUT2D eigenvalue weighted by Crippen LogP contribution is -2.31. The van der Waals surface area contributed by atoms with Crippen molar-refractivity contribution in [2.24, 2.45) is 0 Å². The van der Waals surface area contributed by atoms with Crippen LogP contribution in [0.25, 0.3) is 5.76 Å². The largest absolute Gasteiger partial charge is 0.507 e. The second kappa shape index (κ2) is 10.9. The summed E-state index contributed by atoms with van der Waals surface area (Å²) in [5.74, 6) is -0.222. The van der Waals surface area contributed by atoms with Gasteiger partial charge < -0.3 is 19.5 Å². The molecule has 0 aliphatic carbocycles. The van der Waals surface area contributed by atoms with Gasteiger partial charge in [0.2, 0.25) is 0 Å². The zero-order chi connectivity index (χ0) is 25.0. The number of rotatable bonds is 9. The fourth-order valence-corrected chi connectivity index (χ4v) is 4.39. The van der Waals surface area contributed by atoms with E-state index in [4.69, 9.17) is 9.47 Å². The molecular weight excluding hydrogens is 430 g/mol. The SMILES string of the molecule is COCCCN1C(=O)C(=O)/C(=C(\O)c2ccc(OC)c(C(C)C)c2)C1c1ccc(C(C)C)cc1. The van der Waals surface area contributed by atoms with E-state index in [1.54, 1.807) is 31.3 Å². The summed E-state index contributed by atoms with van der Waals surface area (Å²) in [6.07, 6.45) is 0.587. The Morgan fingerprint density at radius 1 is 1.00 bits per heavy atom. The van der Waals surface area contributed by atoms with Gasteiger partial charge in [0.15, 0.2) is 0 Å². The standard InChI is InChI=1S/C28H35NO5/c1-17(2)19-8-10-20(11-9-19)25-24(27(31)28(32)29(25)14-7-15-33-5)26(30)21-12-13-23(34-6)22(16-21)18(3)4/h8-13,16-18,25,30H,7,14-15H2,1-6H3/b26-24-. The summed E-state index contributed by atoms with van der Waals surface area (Å²) in [6.45, 7) is 9.12. The maximum atomic E-state index is 13.2. The lowest BCUT2D eigenvalue weighted by Gasteiger charge is -2.25. The van der Waals surface area contributed by atoms with Gasteiger partial charge in [-0.2, -0.15) is 0 Å². The average molecular weight is 466 g/mol. The van der Waals surface area contributed by atoms with Gasteiger partial charge in [0, 0.05) is 25.8 Å². The number of ketones is 1. The molecule has 0 bridgehead atoms. The highest BCUT2D eigenvalue weighted by Gasteiger charge is 2.45. The molecule has 2 aromatic rings. The number of methoxy groups -OCH3 is 2. The van der Waals surface area contributed by atoms with Gasteiger partial charge in [-0.05, 0) is 53.1 Å². The minimum absolute atomic E-state index is 0.111. The van der Waals surface area contributed by atoms with E-state index in [1.165, 1.54) is 0 Å². The molecule has 1 atom stereocenters. The van der Waals surface area contributed by atoms with Crippen molar-refractivity contribution in [2.45, 2.75) is 52.0 Å². The van der Waals surface area contributed by atoms with Gasteiger partial charge in [-0.15, -0.1) is 0 Å². The minimum atomic E-state index is -0.672. The van der Waals surface area contributed by atoms with E-state index in [1.807, 2.05) is 44.2 Å². The first-order chi connectivity index (χ1) is 16.2. The molecule has 1 aliphatic heterocycles. The quantitative estimate of drug-likeness (QED) is 0.232. The molecule has 6 heteroatoms. The third kappa shape index (κ3) is 5.02. The Hall–Kier alpha value is -3.12. The van der Waals surface area contributed by atoms with Crippen molar-refractivity contribution in [3.63, 3.8) is 0 Å². The van der Waals surface area contributed by atoms with Crippen molar-refractivity contribution in [3.05, 3.63) is 70.3 Å². The van der Waals surface area contributed by atoms with Crippen molar-refractivity contribution in [2.75, 3.05) is 27.4 Å². The average Bonchev–Trinajstić information content (AvgIpc) is 3.08. The van der Waals surface area contributed by atoms with Crippen LogP contribution in [0.15, 0.2) is 48.0 Å². The lowest BCUT2D eigenvalue weighted by atomic mass is 9.92. The summed E-state index contributed by atoms with van der Waals surface area (Å²) < 4.78 is 10.6. The molecule has 34 heavy (non-hydrogen) atoms. The van der Waals surface area contributed by atoms with Crippen molar-refractivity contribution in [1.82, 2.24) is 4.90 Å². The first-order valence-corrected chi connectivity index (χ1v) is 11.8. The van der Waals surface area contributed by atoms with E-state index in [9.17, 15) is 14.7 Å². The van der Waals surface area contributed by atoms with Crippen molar-refractivity contribution < 1.29 is 24.2 Å². The Morgan fingerprint density at radius 2 is 1.68 bits per heavy atom. The summed E-state index contributed by atoms with van der Waals surface area (Å²) in [5.41, 5.74) is 3.47. The Bertz CT molecular complexity index is 1070. The van der Waals surface area contributed by atoms with Crippen molar-refractivity contribution >= 4 is 17.4 Å². The van der Waals surface area contributed by atoms with Crippen LogP contribution in [0.2, 0.25) is 0 Å². The van der Waals surface area contributed by atoms with Crippen LogP contribution in [0, 0.1) is 0 Å². The van der Waals surface area contributed by atoms with E-state index in [0.717, 1.165) is 16.7 Å². The zero-order valence-electron chi connectivity index (χ0n) is 20.9. The molecular formula is C28H35NO5. The monoisotopic (exact) mass is 465 g/mol. The number of amides is 1. The molecule has 1 saturated heterocycles. The predicted octanol–water partition coefficient (Wildman–Crippen LogP) is 5.40. The maximum absolute atomic E-state index is 13.2. The molecule has 1 unspecified atom stereocenters. The van der Waals surface area contributed by atoms with Crippen LogP contribution in [0.4, 0.5) is 0 Å². The van der Waals surface area contributed by atoms with E-state index < -0.39 is 17.7 Å². The second-order valence-electron chi connectivity index (χ2n) is 9.27. The summed E-state index contributed by atoms with van der Waals surface area (Å²) in [5, 5.41) is 11.4. The normalized spacial score (nSPS) is 17.8. The van der Waals surface area contributed by atoms with Gasteiger partial charge in [0.1, 0.15) is 11.5 Å². The van der Waals surface area contributed by atoms with Crippen LogP contribution >= 0.6 is 0 Å². The number of likely N-dealkylation sites (tertiary alicyclic amines) is 1. The summed E-state index contributed by atoms with van der Waals surface area (Å²) >= 11 is 0. The van der Waals surface area contributed by atoms with E-state index >= 15 is 0 Å². The predicted molar refractivity (Wildman–Crippen MR) is 133 cm³/mol. The van der Waals surface area contributed by atoms with E-state index in [-0.39, 0.29) is 17.3 Å². The fraction of sp³-hybridized carbons (Fsp3) is 0.429. The highest BCUT2D eigenvalue weighted by atomic mass is 16.5. The Kier molecular flexibility index (Phi) is 8.15. The lowest BCUT2D eigenvalue weighted by molar-refractivity contribution is -0.140. The number of Topliss-reactive ketones (excluding diaryl/α,β-unsaturated/α-hetero) is 1. The number of benzene rings is 2. The molecule has 182 valence electrons. The molecule has 1 aliphatic rings. The molecule has 6 nitrogen and oxygen atoms in total. The molecule has 1 heterocycles. The number of aliphatic hydroxyl groups excluding tert-OH is 1. The van der Waals surface area contributed by atoms with E-state index in [2.05, 4.69) is 13.8 Å². The first-order valence-electron chi connectivity index (χ1n) is 11.8. The van der Waals surface area contributed by atoms with E-state index in [0.29, 0.717) is 36.8 Å². The van der Waals surface area contributed by atoms with Crippen LogP contribution in [0.3, 0.4) is 0 Å². The number of aliphatic hydroxyl groups is 1. The third-order valence-electron chi connectivity index (χ3n) is 6.33. The van der Waals surface area contributed by atoms with Crippen molar-refractivity contribution in [1.29, 1.82) is 0 Å². The number of carbonyl (C=O) groups is 2. The smallest absolute Gasteiger partial charge is 0.295 e. The Morgan fingerprint density at radius 3 is 2.24 bits per heavy atom. The van der Waals surface area contributed by atoms with Crippen LogP contribution in [0.5, 0.6) is 5.75 Å². The van der Waals surface area contributed by atoms with Gasteiger partial charge >= 0.3 is 0 Å². The molecule has 0 spiro atoms. The highest BCUT2D eigenvalue weighted by Crippen LogP contribution is 2.40. The zero-order valence-corrected chi connectivity index (χ0v) is 20.9. The van der Waals surface area contributed by atoms with Gasteiger partial charge in [-0.1, -0.05) is 52.0 Å². The fourth-order valence-electron chi connectivity index (χ4n) is 4.39. The Labute approximate surface area is 202 Å². The summed E-state index contributed by atoms with van der Waals surface area (Å²) in [7, 11) is 3.21. The molecule has 0 saturated carbocycles. The molecule has 1 N–H and O–H groups in total. The second-order valence-corrected chi connectivity index (χ2v) is 9.27. The van der Waals surface area contributed by atoms with Gasteiger partial charge in [-0.3, -0.25) is 9.59 Å². The third-order valence-corrected chi connectivity index (χ3v) is 6.33. The summed E-state index contributed by atoms with van der Waals surface area (Å²) in [6, 6.07) is 12.6.